The van der Waals surface area contributed by atoms with E-state index in [4.69, 9.17) is 9.98 Å². The Morgan fingerprint density at radius 3 is 0.939 bits per heavy atom. The fraction of sp³-hybridized carbons (Fsp3) is 0.750. The maximum absolute atomic E-state index is 5.56. The maximum atomic E-state index is 5.56. The second-order valence-electron chi connectivity index (χ2n) is 20.6. The summed E-state index contributed by atoms with van der Waals surface area (Å²) in [6.45, 7) is 13.8. The molecule has 0 spiro atoms. The molecule has 0 fully saturated rings. The molecule has 2 aromatic rings. The molecular weight excluding hydrogens is 797 g/mol. The molecule has 0 aliphatic heterocycles. The topological polar surface area (TPSA) is 24.7 Å². The van der Waals surface area contributed by atoms with Gasteiger partial charge in [0.05, 0.1) is 22.8 Å². The van der Waals surface area contributed by atoms with E-state index in [1.165, 1.54) is 247 Å². The minimum absolute atomic E-state index is 0.970. The van der Waals surface area contributed by atoms with E-state index in [1.54, 1.807) is 0 Å². The Labute approximate surface area is 413 Å². The first kappa shape index (κ1) is 59.6. The number of nitrogens with zero attached hydrogens (tertiary/aromatic N) is 2. The van der Waals surface area contributed by atoms with Crippen molar-refractivity contribution in [1.29, 1.82) is 0 Å². The van der Waals surface area contributed by atoms with Gasteiger partial charge >= 0.3 is 0 Å². The van der Waals surface area contributed by atoms with E-state index in [2.05, 4.69) is 90.1 Å². The first-order chi connectivity index (χ1) is 32.6. The summed E-state index contributed by atoms with van der Waals surface area (Å²) in [5.74, 6) is 0. The van der Waals surface area contributed by atoms with E-state index >= 15 is 0 Å². The number of aryl methyl sites for hydroxylation is 4. The van der Waals surface area contributed by atoms with Crippen LogP contribution in [0.15, 0.2) is 58.5 Å². The molecule has 0 amide bonds. The molecule has 0 aromatic heterocycles. The molecule has 0 aliphatic carbocycles. The van der Waals surface area contributed by atoms with Crippen LogP contribution in [0, 0.1) is 0 Å². The summed E-state index contributed by atoms with van der Waals surface area (Å²) in [6.07, 6.45) is 60.7. The van der Waals surface area contributed by atoms with Crippen LogP contribution in [0.4, 0.5) is 11.4 Å². The molecule has 66 heavy (non-hydrogen) atoms. The van der Waals surface area contributed by atoms with Crippen LogP contribution in [-0.2, 0) is 25.7 Å². The average molecular weight is 908 g/mol. The van der Waals surface area contributed by atoms with E-state index in [-0.39, 0.29) is 0 Å². The van der Waals surface area contributed by atoms with E-state index in [0.717, 1.165) is 67.7 Å². The van der Waals surface area contributed by atoms with E-state index in [0.29, 0.717) is 0 Å². The summed E-state index contributed by atoms with van der Waals surface area (Å²) in [7, 11) is 0. The van der Waals surface area contributed by atoms with Gasteiger partial charge in [-0.2, -0.15) is 0 Å². The van der Waals surface area contributed by atoms with Crippen molar-refractivity contribution in [1.82, 2.24) is 0 Å². The number of hydrogen-bond donors (Lipinski definition) is 0. The first-order valence-electron chi connectivity index (χ1n) is 29.6. The Morgan fingerprint density at radius 2 is 0.606 bits per heavy atom. The Bertz CT molecular complexity index is 1440. The third kappa shape index (κ3) is 32.3. The number of aliphatic imine (C=N–C) groups is 2. The zero-order valence-electron chi connectivity index (χ0n) is 45.2. The average Bonchev–Trinajstić information content (AvgIpc) is 3.32. The molecule has 2 nitrogen and oxygen atoms in total. The highest BCUT2D eigenvalue weighted by Gasteiger charge is 2.11. The number of hydrogen-bond acceptors (Lipinski definition) is 2. The van der Waals surface area contributed by atoms with Gasteiger partial charge in [-0.1, -0.05) is 252 Å². The largest absolute Gasteiger partial charge is 0.251 e. The Morgan fingerprint density at radius 1 is 0.318 bits per heavy atom. The van der Waals surface area contributed by atoms with Crippen LogP contribution >= 0.6 is 0 Å². The zero-order chi connectivity index (χ0) is 47.4. The van der Waals surface area contributed by atoms with Crippen LogP contribution in [-0.4, -0.2) is 11.4 Å². The lowest BCUT2D eigenvalue weighted by Crippen LogP contribution is -2.12. The molecule has 0 N–H and O–H groups in total. The van der Waals surface area contributed by atoms with Gasteiger partial charge in [0.15, 0.2) is 0 Å². The van der Waals surface area contributed by atoms with Crippen molar-refractivity contribution < 1.29 is 0 Å². The first-order valence-corrected chi connectivity index (χ1v) is 29.6. The van der Waals surface area contributed by atoms with Crippen LogP contribution < -0.4 is 0 Å². The SMILES string of the molecule is CCCCCCCCCCCCCCCCCCCCCCCCCCCC=CC(=Nc1cc(CCCC)cc(CCCC)c1)C(CCCCC)=Nc1cc(CCCC)cc(CCCC)c1. The van der Waals surface area contributed by atoms with Gasteiger partial charge < -0.3 is 0 Å². The molecule has 2 aromatic carbocycles. The maximum Gasteiger partial charge on any atom is 0.0848 e. The molecule has 376 valence electrons. The molecule has 0 atom stereocenters. The minimum Gasteiger partial charge on any atom is -0.251 e. The number of rotatable bonds is 46. The summed E-state index contributed by atoms with van der Waals surface area (Å²) in [5.41, 5.74) is 10.3. The number of allylic oxidation sites excluding steroid dienone is 2. The molecule has 0 saturated carbocycles. The molecule has 0 heterocycles. The lowest BCUT2D eigenvalue weighted by Gasteiger charge is -2.12. The van der Waals surface area contributed by atoms with E-state index in [1.807, 2.05) is 0 Å². The minimum atomic E-state index is 0.970. The Balaban J connectivity index is 1.92. The smallest absolute Gasteiger partial charge is 0.0848 e. The standard InChI is InChI=1S/C64H110N2/c1-7-13-19-20-21-22-23-24-25-26-27-28-29-30-31-32-33-34-35-36-37-38-39-40-41-42-44-50-64(66-62-55-59(47-17-11-5)52-60(56-62)48-18-12-6)63(49-43-14-8-2)65-61-53-57(45-15-9-3)51-58(54-61)46-16-10-4/h44,50-56H,7-43,45-49H2,1-6H3. The predicted molar refractivity (Wildman–Crippen MR) is 301 cm³/mol. The van der Waals surface area contributed by atoms with Gasteiger partial charge in [-0.25, -0.2) is 4.99 Å². The second kappa shape index (κ2) is 43.8. The number of unbranched alkanes of at least 4 members (excludes halogenated alkanes) is 31. The fourth-order valence-corrected chi connectivity index (χ4v) is 9.59. The van der Waals surface area contributed by atoms with Gasteiger partial charge in [-0.05, 0) is 130 Å². The lowest BCUT2D eigenvalue weighted by atomic mass is 10.00. The van der Waals surface area contributed by atoms with Crippen molar-refractivity contribution in [2.45, 2.75) is 311 Å². The van der Waals surface area contributed by atoms with Crippen LogP contribution in [0.5, 0.6) is 0 Å². The highest BCUT2D eigenvalue weighted by molar-refractivity contribution is 6.47. The van der Waals surface area contributed by atoms with Gasteiger partial charge in [0.1, 0.15) is 0 Å². The lowest BCUT2D eigenvalue weighted by molar-refractivity contribution is 0.516. The molecule has 0 aliphatic rings. The van der Waals surface area contributed by atoms with Gasteiger partial charge in [0.25, 0.3) is 0 Å². The summed E-state index contributed by atoms with van der Waals surface area (Å²) in [4.78, 5) is 11.1. The molecule has 0 bridgehead atoms. The summed E-state index contributed by atoms with van der Waals surface area (Å²) >= 11 is 0. The summed E-state index contributed by atoms with van der Waals surface area (Å²) < 4.78 is 0. The van der Waals surface area contributed by atoms with Crippen LogP contribution in [0.25, 0.3) is 0 Å². The van der Waals surface area contributed by atoms with Crippen LogP contribution in [0.3, 0.4) is 0 Å². The van der Waals surface area contributed by atoms with Crippen LogP contribution in [0.2, 0.25) is 0 Å². The van der Waals surface area contributed by atoms with Crippen molar-refractivity contribution in [3.63, 3.8) is 0 Å². The third-order valence-electron chi connectivity index (χ3n) is 13.9. The summed E-state index contributed by atoms with van der Waals surface area (Å²) in [5, 5.41) is 0. The van der Waals surface area contributed by atoms with Gasteiger partial charge in [-0.3, -0.25) is 4.99 Å². The molecule has 2 heteroatoms. The van der Waals surface area contributed by atoms with Crippen molar-refractivity contribution in [3.8, 4) is 0 Å². The quantitative estimate of drug-likeness (QED) is 0.0467. The predicted octanol–water partition coefficient (Wildman–Crippen LogP) is 22.2. The normalized spacial score (nSPS) is 12.3. The Hall–Kier alpha value is -2.48. The van der Waals surface area contributed by atoms with Gasteiger partial charge in [0, 0.05) is 0 Å². The van der Waals surface area contributed by atoms with Gasteiger partial charge in [-0.15, -0.1) is 0 Å². The molecule has 0 unspecified atom stereocenters. The molecule has 0 radical (unpaired) electrons. The summed E-state index contributed by atoms with van der Waals surface area (Å²) in [6, 6.07) is 14.4. The van der Waals surface area contributed by atoms with E-state index < -0.39 is 0 Å². The monoisotopic (exact) mass is 907 g/mol. The number of benzene rings is 2. The highest BCUT2D eigenvalue weighted by atomic mass is 14.8. The third-order valence-corrected chi connectivity index (χ3v) is 13.9. The molecule has 2 rings (SSSR count). The van der Waals surface area contributed by atoms with Crippen molar-refractivity contribution >= 4 is 22.8 Å². The van der Waals surface area contributed by atoms with Crippen molar-refractivity contribution in [2.75, 3.05) is 0 Å². The van der Waals surface area contributed by atoms with Crippen molar-refractivity contribution in [3.05, 3.63) is 70.8 Å². The van der Waals surface area contributed by atoms with Crippen molar-refractivity contribution in [2.24, 2.45) is 9.98 Å². The van der Waals surface area contributed by atoms with Crippen LogP contribution in [0.1, 0.15) is 308 Å². The molecule has 0 saturated heterocycles. The second-order valence-corrected chi connectivity index (χ2v) is 20.6. The van der Waals surface area contributed by atoms with Gasteiger partial charge in [0.2, 0.25) is 0 Å². The highest BCUT2D eigenvalue weighted by Crippen LogP contribution is 2.26. The fourth-order valence-electron chi connectivity index (χ4n) is 9.59. The zero-order valence-corrected chi connectivity index (χ0v) is 45.2. The van der Waals surface area contributed by atoms with E-state index in [9.17, 15) is 0 Å². The molecular formula is C64H110N2. The Kier molecular flexibility index (Phi) is 39.6.